The summed E-state index contributed by atoms with van der Waals surface area (Å²) < 4.78 is 4.88. The van der Waals surface area contributed by atoms with E-state index in [0.717, 1.165) is 11.8 Å². The minimum atomic E-state index is -0.409. The molecule has 0 saturated carbocycles. The number of esters is 1. The van der Waals surface area contributed by atoms with Gasteiger partial charge in [0.2, 0.25) is 0 Å². The van der Waals surface area contributed by atoms with Crippen LogP contribution < -0.4 is 4.90 Å². The number of carbonyl (C=O) groups excluding carboxylic acids is 1. The number of ether oxygens (including phenoxy) is 1. The van der Waals surface area contributed by atoms with Crippen LogP contribution in [0.4, 0.5) is 5.69 Å². The molecule has 3 nitrogen and oxygen atoms in total. The maximum absolute atomic E-state index is 10.8. The lowest BCUT2D eigenvalue weighted by atomic mass is 10.3. The summed E-state index contributed by atoms with van der Waals surface area (Å²) in [4.78, 5) is 12.6. The highest BCUT2D eigenvalue weighted by atomic mass is 16.5. The van der Waals surface area contributed by atoms with Gasteiger partial charge in [0.05, 0.1) is 0 Å². The zero-order valence-electron chi connectivity index (χ0n) is 8.14. The lowest BCUT2D eigenvalue weighted by Gasteiger charge is -2.18. The van der Waals surface area contributed by atoms with Gasteiger partial charge in [-0.25, -0.2) is 4.79 Å². The number of hydrogen-bond donors (Lipinski definition) is 0. The third kappa shape index (κ3) is 2.94. The van der Waals surface area contributed by atoms with Crippen LogP contribution in [0.15, 0.2) is 43.0 Å². The quantitative estimate of drug-likeness (QED) is 0.413. The Morgan fingerprint density at radius 3 is 2.71 bits per heavy atom. The van der Waals surface area contributed by atoms with Gasteiger partial charge in [0, 0.05) is 18.8 Å². The summed E-state index contributed by atoms with van der Waals surface area (Å²) in [7, 11) is 1.85. The van der Waals surface area contributed by atoms with E-state index in [1.54, 1.807) is 0 Å². The predicted molar refractivity (Wildman–Crippen MR) is 56.0 cm³/mol. The molecule has 0 atom stereocenters. The zero-order valence-corrected chi connectivity index (χ0v) is 8.14. The second-order valence-corrected chi connectivity index (χ2v) is 2.83. The molecule has 74 valence electrons. The number of rotatable bonds is 4. The molecule has 1 aromatic rings. The average molecular weight is 191 g/mol. The summed E-state index contributed by atoms with van der Waals surface area (Å²) in [5, 5.41) is 0. The Labute approximate surface area is 83.6 Å². The second-order valence-electron chi connectivity index (χ2n) is 2.83. The summed E-state index contributed by atoms with van der Waals surface area (Å²) in [5.41, 5.74) is 1.00. The summed E-state index contributed by atoms with van der Waals surface area (Å²) >= 11 is 0. The first-order valence-electron chi connectivity index (χ1n) is 4.29. The Morgan fingerprint density at radius 1 is 1.50 bits per heavy atom. The highest BCUT2D eigenvalue weighted by Crippen LogP contribution is 2.10. The van der Waals surface area contributed by atoms with Crippen molar-refractivity contribution >= 4 is 11.7 Å². The Hall–Kier alpha value is -1.77. The van der Waals surface area contributed by atoms with Gasteiger partial charge in [0.15, 0.2) is 6.73 Å². The van der Waals surface area contributed by atoms with E-state index in [0.29, 0.717) is 0 Å². The molecule has 0 amide bonds. The fourth-order valence-electron chi connectivity index (χ4n) is 0.976. The van der Waals surface area contributed by atoms with E-state index in [1.807, 2.05) is 42.3 Å². The van der Waals surface area contributed by atoms with Crippen LogP contribution in [0, 0.1) is 0 Å². The van der Waals surface area contributed by atoms with Crippen molar-refractivity contribution in [3.05, 3.63) is 43.0 Å². The molecule has 0 N–H and O–H groups in total. The van der Waals surface area contributed by atoms with Crippen LogP contribution in [0.2, 0.25) is 0 Å². The highest BCUT2D eigenvalue weighted by Gasteiger charge is 2.01. The minimum absolute atomic E-state index is 0.231. The van der Waals surface area contributed by atoms with Crippen molar-refractivity contribution in [3.63, 3.8) is 0 Å². The second kappa shape index (κ2) is 5.07. The molecule has 14 heavy (non-hydrogen) atoms. The standard InChI is InChI=1S/C11H13NO2/c1-3-11(13)14-9-12(2)10-7-5-4-6-8-10/h3-8H,1,9H2,2H3. The maximum Gasteiger partial charge on any atom is 0.331 e. The molecule has 1 rings (SSSR count). The van der Waals surface area contributed by atoms with E-state index in [2.05, 4.69) is 6.58 Å². The lowest BCUT2D eigenvalue weighted by Crippen LogP contribution is -2.22. The van der Waals surface area contributed by atoms with Crippen molar-refractivity contribution in [2.75, 3.05) is 18.7 Å². The van der Waals surface area contributed by atoms with Gasteiger partial charge in [-0.1, -0.05) is 24.8 Å². The molecule has 0 spiro atoms. The molecular formula is C11H13NO2. The van der Waals surface area contributed by atoms with E-state index in [1.165, 1.54) is 0 Å². The van der Waals surface area contributed by atoms with Crippen LogP contribution in [0.25, 0.3) is 0 Å². The fraction of sp³-hybridized carbons (Fsp3) is 0.182. The molecule has 0 aliphatic carbocycles. The Balaban J connectivity index is 2.47. The van der Waals surface area contributed by atoms with Crippen molar-refractivity contribution < 1.29 is 9.53 Å². The molecule has 3 heteroatoms. The topological polar surface area (TPSA) is 29.5 Å². The van der Waals surface area contributed by atoms with Gasteiger partial charge in [0.25, 0.3) is 0 Å². The van der Waals surface area contributed by atoms with Gasteiger partial charge < -0.3 is 9.64 Å². The Bertz CT molecular complexity index is 308. The molecular weight excluding hydrogens is 178 g/mol. The monoisotopic (exact) mass is 191 g/mol. The smallest absolute Gasteiger partial charge is 0.331 e. The summed E-state index contributed by atoms with van der Waals surface area (Å²) in [6, 6.07) is 9.69. The molecule has 1 aromatic carbocycles. The molecule has 0 fully saturated rings. The van der Waals surface area contributed by atoms with Crippen LogP contribution in [0.3, 0.4) is 0 Å². The maximum atomic E-state index is 10.8. The van der Waals surface area contributed by atoms with Crippen LogP contribution >= 0.6 is 0 Å². The van der Waals surface area contributed by atoms with Crippen LogP contribution in [0.5, 0.6) is 0 Å². The van der Waals surface area contributed by atoms with Gasteiger partial charge in [-0.15, -0.1) is 0 Å². The van der Waals surface area contributed by atoms with E-state index >= 15 is 0 Å². The summed E-state index contributed by atoms with van der Waals surface area (Å²) in [6.45, 7) is 3.55. The predicted octanol–water partition coefficient (Wildman–Crippen LogP) is 1.81. The summed E-state index contributed by atoms with van der Waals surface area (Å²) in [5.74, 6) is -0.409. The van der Waals surface area contributed by atoms with Crippen LogP contribution in [-0.2, 0) is 9.53 Å². The number of anilines is 1. The normalized spacial score (nSPS) is 9.21. The molecule has 0 heterocycles. The van der Waals surface area contributed by atoms with Gasteiger partial charge in [-0.2, -0.15) is 0 Å². The van der Waals surface area contributed by atoms with Crippen molar-refractivity contribution in [3.8, 4) is 0 Å². The van der Waals surface area contributed by atoms with Gasteiger partial charge in [-0.3, -0.25) is 0 Å². The highest BCUT2D eigenvalue weighted by molar-refractivity contribution is 5.81. The SMILES string of the molecule is C=CC(=O)OCN(C)c1ccccc1. The third-order valence-corrected chi connectivity index (χ3v) is 1.76. The van der Waals surface area contributed by atoms with Gasteiger partial charge >= 0.3 is 5.97 Å². The Kier molecular flexibility index (Phi) is 3.73. The van der Waals surface area contributed by atoms with Gasteiger partial charge in [0.1, 0.15) is 0 Å². The minimum Gasteiger partial charge on any atom is -0.441 e. The van der Waals surface area contributed by atoms with E-state index in [-0.39, 0.29) is 6.73 Å². The van der Waals surface area contributed by atoms with Crippen molar-refractivity contribution in [2.24, 2.45) is 0 Å². The fourth-order valence-corrected chi connectivity index (χ4v) is 0.976. The molecule has 0 saturated heterocycles. The molecule has 0 radical (unpaired) electrons. The first-order valence-corrected chi connectivity index (χ1v) is 4.29. The van der Waals surface area contributed by atoms with Gasteiger partial charge in [-0.05, 0) is 12.1 Å². The number of carbonyl (C=O) groups is 1. The Morgan fingerprint density at radius 2 is 2.14 bits per heavy atom. The molecule has 0 bridgehead atoms. The molecule has 0 unspecified atom stereocenters. The third-order valence-electron chi connectivity index (χ3n) is 1.76. The number of benzene rings is 1. The zero-order chi connectivity index (χ0) is 10.4. The van der Waals surface area contributed by atoms with Crippen molar-refractivity contribution in [1.29, 1.82) is 0 Å². The number of hydrogen-bond acceptors (Lipinski definition) is 3. The van der Waals surface area contributed by atoms with Crippen molar-refractivity contribution in [1.82, 2.24) is 0 Å². The first-order chi connectivity index (χ1) is 6.74. The van der Waals surface area contributed by atoms with E-state index in [4.69, 9.17) is 4.74 Å². The first kappa shape index (κ1) is 10.3. The molecule has 0 aromatic heterocycles. The van der Waals surface area contributed by atoms with Crippen LogP contribution in [0.1, 0.15) is 0 Å². The average Bonchev–Trinajstić information content (AvgIpc) is 2.26. The summed E-state index contributed by atoms with van der Waals surface area (Å²) in [6.07, 6.45) is 1.15. The number of nitrogens with zero attached hydrogens (tertiary/aromatic N) is 1. The number of para-hydroxylation sites is 1. The largest absolute Gasteiger partial charge is 0.441 e. The molecule has 0 aliphatic rings. The van der Waals surface area contributed by atoms with Crippen LogP contribution in [-0.4, -0.2) is 19.7 Å². The van der Waals surface area contributed by atoms with Crippen molar-refractivity contribution in [2.45, 2.75) is 0 Å². The lowest BCUT2D eigenvalue weighted by molar-refractivity contribution is -0.137. The van der Waals surface area contributed by atoms with E-state index < -0.39 is 5.97 Å². The van der Waals surface area contributed by atoms with E-state index in [9.17, 15) is 4.79 Å². The molecule has 0 aliphatic heterocycles.